The third-order valence-corrected chi connectivity index (χ3v) is 3.57. The molecule has 21 heavy (non-hydrogen) atoms. The van der Waals surface area contributed by atoms with E-state index in [0.29, 0.717) is 12.1 Å². The molecule has 0 amide bonds. The molecule has 0 radical (unpaired) electrons. The van der Waals surface area contributed by atoms with Crippen LogP contribution < -0.4 is 0 Å². The number of nitrogens with zero attached hydrogens (tertiary/aromatic N) is 1. The van der Waals surface area contributed by atoms with Crippen LogP contribution in [0.3, 0.4) is 0 Å². The van der Waals surface area contributed by atoms with E-state index in [1.54, 1.807) is 0 Å². The van der Waals surface area contributed by atoms with Crippen LogP contribution in [0.25, 0.3) is 10.9 Å². The molecule has 1 N–H and O–H groups in total. The highest BCUT2D eigenvalue weighted by molar-refractivity contribution is 5.87. The molecule has 0 atom stereocenters. The molecule has 0 aliphatic heterocycles. The van der Waals surface area contributed by atoms with Crippen molar-refractivity contribution in [1.82, 2.24) is 4.57 Å². The molecule has 0 saturated heterocycles. The summed E-state index contributed by atoms with van der Waals surface area (Å²) >= 11 is 0. The average Bonchev–Trinajstić information content (AvgIpc) is 2.83. The quantitative estimate of drug-likeness (QED) is 0.793. The Kier molecular flexibility index (Phi) is 3.22. The largest absolute Gasteiger partial charge is 0.478 e. The number of carboxylic acid groups (broad SMARTS) is 1. The minimum Gasteiger partial charge on any atom is -0.478 e. The molecule has 0 unspecified atom stereocenters. The Morgan fingerprint density at radius 1 is 1.19 bits per heavy atom. The number of aromatic nitrogens is 1. The summed E-state index contributed by atoms with van der Waals surface area (Å²) < 4.78 is 16.0. The SMILES string of the molecule is Cc1ccc2ccn(Cc3ccc(C(=O)O)cc3F)c2c1. The van der Waals surface area contributed by atoms with Gasteiger partial charge in [0.25, 0.3) is 0 Å². The maximum atomic E-state index is 14.0. The molecular formula is C17H14FNO2. The molecule has 2 aromatic carbocycles. The molecule has 1 aromatic heterocycles. The summed E-state index contributed by atoms with van der Waals surface area (Å²) in [7, 11) is 0. The third-order valence-electron chi connectivity index (χ3n) is 3.57. The minimum atomic E-state index is -1.12. The molecule has 0 aliphatic rings. The Morgan fingerprint density at radius 2 is 2.00 bits per heavy atom. The molecule has 3 rings (SSSR count). The fourth-order valence-electron chi connectivity index (χ4n) is 2.42. The number of carboxylic acids is 1. The Balaban J connectivity index is 1.99. The first-order chi connectivity index (χ1) is 10.0. The second-order valence-electron chi connectivity index (χ2n) is 5.12. The van der Waals surface area contributed by atoms with Crippen molar-refractivity contribution < 1.29 is 14.3 Å². The number of hydrogen-bond acceptors (Lipinski definition) is 1. The second-order valence-corrected chi connectivity index (χ2v) is 5.12. The van der Waals surface area contributed by atoms with Gasteiger partial charge in [-0.25, -0.2) is 9.18 Å². The highest BCUT2D eigenvalue weighted by Gasteiger charge is 2.10. The normalized spacial score (nSPS) is 11.0. The van der Waals surface area contributed by atoms with Gasteiger partial charge < -0.3 is 9.67 Å². The Labute approximate surface area is 121 Å². The number of aryl methyl sites for hydroxylation is 1. The van der Waals surface area contributed by atoms with Crippen LogP contribution >= 0.6 is 0 Å². The summed E-state index contributed by atoms with van der Waals surface area (Å²) in [6, 6.07) is 12.1. The minimum absolute atomic E-state index is 0.0375. The predicted octanol–water partition coefficient (Wildman–Crippen LogP) is 3.84. The molecule has 0 bridgehead atoms. The number of carbonyl (C=O) groups is 1. The first kappa shape index (κ1) is 13.4. The van der Waals surface area contributed by atoms with Gasteiger partial charge in [0.2, 0.25) is 0 Å². The average molecular weight is 283 g/mol. The Morgan fingerprint density at radius 3 is 2.71 bits per heavy atom. The smallest absolute Gasteiger partial charge is 0.335 e. The zero-order chi connectivity index (χ0) is 15.0. The maximum Gasteiger partial charge on any atom is 0.335 e. The van der Waals surface area contributed by atoms with Crippen LogP contribution in [0.2, 0.25) is 0 Å². The number of halogens is 1. The van der Waals surface area contributed by atoms with Gasteiger partial charge in [-0.1, -0.05) is 18.2 Å². The summed E-state index contributed by atoms with van der Waals surface area (Å²) in [4.78, 5) is 10.8. The lowest BCUT2D eigenvalue weighted by molar-refractivity contribution is 0.0696. The molecule has 0 fully saturated rings. The van der Waals surface area contributed by atoms with Crippen LogP contribution in [0.1, 0.15) is 21.5 Å². The van der Waals surface area contributed by atoms with Gasteiger partial charge in [0.15, 0.2) is 0 Å². The van der Waals surface area contributed by atoms with E-state index in [0.717, 1.165) is 22.5 Å². The summed E-state index contributed by atoms with van der Waals surface area (Å²) in [5.41, 5.74) is 2.62. The van der Waals surface area contributed by atoms with Crippen LogP contribution in [0.5, 0.6) is 0 Å². The highest BCUT2D eigenvalue weighted by atomic mass is 19.1. The van der Waals surface area contributed by atoms with Crippen LogP contribution in [0.4, 0.5) is 4.39 Å². The number of aromatic carboxylic acids is 1. The molecule has 3 nitrogen and oxygen atoms in total. The van der Waals surface area contributed by atoms with E-state index in [1.807, 2.05) is 35.9 Å². The van der Waals surface area contributed by atoms with Gasteiger partial charge in [0, 0.05) is 17.3 Å². The lowest BCUT2D eigenvalue weighted by atomic mass is 10.1. The van der Waals surface area contributed by atoms with E-state index >= 15 is 0 Å². The molecule has 0 saturated carbocycles. The number of hydrogen-bond donors (Lipinski definition) is 1. The summed E-state index contributed by atoms with van der Waals surface area (Å²) in [5, 5.41) is 9.96. The van der Waals surface area contributed by atoms with Crippen LogP contribution in [0, 0.1) is 12.7 Å². The van der Waals surface area contributed by atoms with E-state index in [2.05, 4.69) is 6.07 Å². The molecule has 1 heterocycles. The Hall–Kier alpha value is -2.62. The lowest BCUT2D eigenvalue weighted by Crippen LogP contribution is -2.03. The van der Waals surface area contributed by atoms with Crippen molar-refractivity contribution in [3.05, 3.63) is 71.2 Å². The molecule has 0 aliphatic carbocycles. The first-order valence-electron chi connectivity index (χ1n) is 6.62. The monoisotopic (exact) mass is 283 g/mol. The fourth-order valence-corrected chi connectivity index (χ4v) is 2.42. The van der Waals surface area contributed by atoms with Crippen molar-refractivity contribution in [2.45, 2.75) is 13.5 Å². The van der Waals surface area contributed by atoms with Gasteiger partial charge >= 0.3 is 5.97 Å². The van der Waals surface area contributed by atoms with Crippen molar-refractivity contribution >= 4 is 16.9 Å². The van der Waals surface area contributed by atoms with E-state index < -0.39 is 11.8 Å². The van der Waals surface area contributed by atoms with Crippen LogP contribution in [0.15, 0.2) is 48.7 Å². The van der Waals surface area contributed by atoms with Gasteiger partial charge in [0.1, 0.15) is 5.82 Å². The van der Waals surface area contributed by atoms with Crippen molar-refractivity contribution in [2.24, 2.45) is 0 Å². The van der Waals surface area contributed by atoms with Crippen molar-refractivity contribution in [1.29, 1.82) is 0 Å². The van der Waals surface area contributed by atoms with Crippen molar-refractivity contribution in [2.75, 3.05) is 0 Å². The zero-order valence-corrected chi connectivity index (χ0v) is 11.5. The molecule has 4 heteroatoms. The first-order valence-corrected chi connectivity index (χ1v) is 6.62. The number of fused-ring (bicyclic) bond motifs is 1. The van der Waals surface area contributed by atoms with Crippen LogP contribution in [-0.4, -0.2) is 15.6 Å². The second kappa shape index (κ2) is 5.05. The Bertz CT molecular complexity index is 836. The van der Waals surface area contributed by atoms with Crippen molar-refractivity contribution in [3.8, 4) is 0 Å². The zero-order valence-electron chi connectivity index (χ0n) is 11.5. The van der Waals surface area contributed by atoms with E-state index in [-0.39, 0.29) is 5.56 Å². The predicted molar refractivity (Wildman–Crippen MR) is 79.1 cm³/mol. The summed E-state index contributed by atoms with van der Waals surface area (Å²) in [5.74, 6) is -1.62. The van der Waals surface area contributed by atoms with Gasteiger partial charge in [-0.15, -0.1) is 0 Å². The van der Waals surface area contributed by atoms with Gasteiger partial charge in [-0.3, -0.25) is 0 Å². The van der Waals surface area contributed by atoms with Gasteiger partial charge in [-0.05, 0) is 42.1 Å². The summed E-state index contributed by atoms with van der Waals surface area (Å²) in [6.07, 6.45) is 1.91. The van der Waals surface area contributed by atoms with Gasteiger partial charge in [-0.2, -0.15) is 0 Å². The number of benzene rings is 2. The van der Waals surface area contributed by atoms with Crippen LogP contribution in [-0.2, 0) is 6.54 Å². The maximum absolute atomic E-state index is 14.0. The lowest BCUT2D eigenvalue weighted by Gasteiger charge is -2.08. The molecule has 0 spiro atoms. The topological polar surface area (TPSA) is 42.2 Å². The summed E-state index contributed by atoms with van der Waals surface area (Å²) in [6.45, 7) is 2.39. The third kappa shape index (κ3) is 2.52. The fraction of sp³-hybridized carbons (Fsp3) is 0.118. The highest BCUT2D eigenvalue weighted by Crippen LogP contribution is 2.20. The van der Waals surface area contributed by atoms with E-state index in [4.69, 9.17) is 5.11 Å². The molecule has 106 valence electrons. The van der Waals surface area contributed by atoms with Crippen molar-refractivity contribution in [3.63, 3.8) is 0 Å². The molecule has 3 aromatic rings. The molecular weight excluding hydrogens is 269 g/mol. The van der Waals surface area contributed by atoms with E-state index in [1.165, 1.54) is 12.1 Å². The van der Waals surface area contributed by atoms with Gasteiger partial charge in [0.05, 0.1) is 12.1 Å². The standard InChI is InChI=1S/C17H14FNO2/c1-11-2-3-12-6-7-19(16(12)8-11)10-14-5-4-13(17(20)21)9-15(14)18/h2-9H,10H2,1H3,(H,20,21). The van der Waals surface area contributed by atoms with E-state index in [9.17, 15) is 9.18 Å². The number of rotatable bonds is 3.